The maximum Gasteiger partial charge on any atom is 0.304 e. The minimum Gasteiger partial charge on any atom is -0.481 e. The van der Waals surface area contributed by atoms with E-state index in [1.54, 1.807) is 12.1 Å². The first-order chi connectivity index (χ1) is 15.7. The molecular formula is C26H33ClN2O4. The fraction of sp³-hybridized carbons (Fsp3) is 0.577. The highest BCUT2D eigenvalue weighted by Crippen LogP contribution is 2.52. The number of carboxylic acid groups (broad SMARTS) is 1. The van der Waals surface area contributed by atoms with Gasteiger partial charge in [-0.25, -0.2) is 0 Å². The van der Waals surface area contributed by atoms with E-state index in [1.165, 1.54) is 6.42 Å². The van der Waals surface area contributed by atoms with Gasteiger partial charge in [0.15, 0.2) is 0 Å². The van der Waals surface area contributed by atoms with Crippen LogP contribution in [0.15, 0.2) is 22.7 Å². The van der Waals surface area contributed by atoms with Crippen LogP contribution in [-0.2, 0) is 9.59 Å². The Hall–Kier alpha value is -2.34. The minimum absolute atomic E-state index is 0.0167. The van der Waals surface area contributed by atoms with E-state index in [0.717, 1.165) is 48.5 Å². The number of hydrogen-bond acceptors (Lipinski definition) is 4. The number of anilines is 1. The number of nitrogens with zero attached hydrogens (tertiary/aromatic N) is 1. The van der Waals surface area contributed by atoms with Gasteiger partial charge in [0, 0.05) is 23.8 Å². The number of benzene rings is 1. The fourth-order valence-electron chi connectivity index (χ4n) is 5.13. The molecule has 1 amide bonds. The molecular weight excluding hydrogens is 440 g/mol. The average Bonchev–Trinajstić information content (AvgIpc) is 3.44. The summed E-state index contributed by atoms with van der Waals surface area (Å²) in [4.78, 5) is 24.5. The molecule has 178 valence electrons. The maximum atomic E-state index is 12.8. The van der Waals surface area contributed by atoms with E-state index < -0.39 is 11.9 Å². The number of carbonyl (C=O) groups is 2. The summed E-state index contributed by atoms with van der Waals surface area (Å²) in [7, 11) is 0. The van der Waals surface area contributed by atoms with Crippen LogP contribution in [0.25, 0.3) is 0 Å². The van der Waals surface area contributed by atoms with Crippen LogP contribution in [-0.4, -0.2) is 22.1 Å². The van der Waals surface area contributed by atoms with Crippen molar-refractivity contribution in [1.82, 2.24) is 5.16 Å². The standard InChI is InChI=1S/C26H33ClN2O4/c1-14(2)8-16-10-19(11-16)26-24(17-5-6-17)25(29-33-26)18(13-23(31)32)12-22(30)28-21-7-4-15(3)9-20(21)27/h4,7,9,14,16-19H,5-6,8,10-13H2,1-3H3,(H,28,30)(H,31,32)/t16-,18-,19-/m0/s1. The lowest BCUT2D eigenvalue weighted by atomic mass is 9.69. The van der Waals surface area contributed by atoms with Gasteiger partial charge in [-0.05, 0) is 74.5 Å². The molecule has 33 heavy (non-hydrogen) atoms. The van der Waals surface area contributed by atoms with Crippen molar-refractivity contribution in [3.8, 4) is 0 Å². The Labute approximate surface area is 200 Å². The number of carboxylic acids is 1. The number of amides is 1. The molecule has 7 heteroatoms. The molecule has 2 saturated carbocycles. The number of rotatable bonds is 10. The summed E-state index contributed by atoms with van der Waals surface area (Å²) >= 11 is 6.25. The van der Waals surface area contributed by atoms with Crippen LogP contribution in [0, 0.1) is 18.8 Å². The van der Waals surface area contributed by atoms with Crippen LogP contribution in [0.5, 0.6) is 0 Å². The number of nitrogens with one attached hydrogen (secondary N) is 1. The predicted octanol–water partition coefficient (Wildman–Crippen LogP) is 6.64. The molecule has 1 aromatic heterocycles. The number of aryl methyl sites for hydroxylation is 1. The highest BCUT2D eigenvalue weighted by molar-refractivity contribution is 6.33. The molecule has 0 radical (unpaired) electrons. The lowest BCUT2D eigenvalue weighted by molar-refractivity contribution is -0.137. The summed E-state index contributed by atoms with van der Waals surface area (Å²) in [6.07, 6.45) is 5.40. The van der Waals surface area contributed by atoms with Crippen LogP contribution >= 0.6 is 11.6 Å². The molecule has 2 fully saturated rings. The van der Waals surface area contributed by atoms with Gasteiger partial charge >= 0.3 is 5.97 Å². The summed E-state index contributed by atoms with van der Waals surface area (Å²) in [6, 6.07) is 5.42. The molecule has 2 N–H and O–H groups in total. The van der Waals surface area contributed by atoms with Crippen LogP contribution in [0.4, 0.5) is 5.69 Å². The third-order valence-corrected chi connectivity index (χ3v) is 7.13. The van der Waals surface area contributed by atoms with Crippen molar-refractivity contribution in [2.45, 2.75) is 83.5 Å². The Morgan fingerprint density at radius 2 is 1.94 bits per heavy atom. The predicted molar refractivity (Wildman–Crippen MR) is 128 cm³/mol. The zero-order chi connectivity index (χ0) is 23.7. The molecule has 6 nitrogen and oxygen atoms in total. The van der Waals surface area contributed by atoms with Crippen LogP contribution in [0.1, 0.15) is 99.1 Å². The van der Waals surface area contributed by atoms with Crippen molar-refractivity contribution in [3.05, 3.63) is 45.8 Å². The zero-order valence-electron chi connectivity index (χ0n) is 19.6. The molecule has 2 aliphatic rings. The van der Waals surface area contributed by atoms with Gasteiger partial charge in [-0.3, -0.25) is 9.59 Å². The molecule has 2 aromatic rings. The molecule has 1 aromatic carbocycles. The van der Waals surface area contributed by atoms with Gasteiger partial charge in [0.2, 0.25) is 5.91 Å². The number of carbonyl (C=O) groups excluding carboxylic acids is 1. The van der Waals surface area contributed by atoms with Crippen LogP contribution < -0.4 is 5.32 Å². The fourth-order valence-corrected chi connectivity index (χ4v) is 5.41. The normalized spacial score (nSPS) is 21.0. The van der Waals surface area contributed by atoms with Crippen LogP contribution in [0.3, 0.4) is 0 Å². The van der Waals surface area contributed by atoms with E-state index in [2.05, 4.69) is 24.3 Å². The van der Waals surface area contributed by atoms with E-state index in [9.17, 15) is 14.7 Å². The molecule has 0 saturated heterocycles. The van der Waals surface area contributed by atoms with Gasteiger partial charge in [-0.15, -0.1) is 0 Å². The van der Waals surface area contributed by atoms with E-state index in [1.807, 2.05) is 13.0 Å². The largest absolute Gasteiger partial charge is 0.481 e. The molecule has 2 aliphatic carbocycles. The van der Waals surface area contributed by atoms with Gasteiger partial charge in [0.1, 0.15) is 5.76 Å². The lowest BCUT2D eigenvalue weighted by Crippen LogP contribution is -2.24. The zero-order valence-corrected chi connectivity index (χ0v) is 20.3. The lowest BCUT2D eigenvalue weighted by Gasteiger charge is -2.35. The van der Waals surface area contributed by atoms with Crippen molar-refractivity contribution in [1.29, 1.82) is 0 Å². The van der Waals surface area contributed by atoms with Crippen molar-refractivity contribution < 1.29 is 19.2 Å². The Balaban J connectivity index is 1.52. The molecule has 0 unspecified atom stereocenters. The average molecular weight is 473 g/mol. The molecule has 1 heterocycles. The Kier molecular flexibility index (Phi) is 7.13. The van der Waals surface area contributed by atoms with Gasteiger partial charge < -0.3 is 14.9 Å². The van der Waals surface area contributed by atoms with Crippen molar-refractivity contribution in [2.75, 3.05) is 5.32 Å². The highest BCUT2D eigenvalue weighted by atomic mass is 35.5. The molecule has 1 atom stereocenters. The summed E-state index contributed by atoms with van der Waals surface area (Å²) in [5.41, 5.74) is 3.26. The van der Waals surface area contributed by atoms with Gasteiger partial charge in [0.25, 0.3) is 0 Å². The molecule has 0 spiro atoms. The Morgan fingerprint density at radius 3 is 2.55 bits per heavy atom. The number of aromatic nitrogens is 1. The van der Waals surface area contributed by atoms with Crippen molar-refractivity contribution >= 4 is 29.2 Å². The van der Waals surface area contributed by atoms with Gasteiger partial charge in [0.05, 0.1) is 22.8 Å². The smallest absolute Gasteiger partial charge is 0.304 e. The summed E-state index contributed by atoms with van der Waals surface area (Å²) < 4.78 is 5.85. The monoisotopic (exact) mass is 472 g/mol. The first kappa shape index (κ1) is 23.8. The van der Waals surface area contributed by atoms with Crippen molar-refractivity contribution in [2.24, 2.45) is 11.8 Å². The van der Waals surface area contributed by atoms with Crippen LogP contribution in [0.2, 0.25) is 5.02 Å². The first-order valence-corrected chi connectivity index (χ1v) is 12.4. The Morgan fingerprint density at radius 1 is 1.21 bits per heavy atom. The third kappa shape index (κ3) is 5.78. The molecule has 0 aliphatic heterocycles. The quantitative estimate of drug-likeness (QED) is 0.404. The van der Waals surface area contributed by atoms with E-state index >= 15 is 0 Å². The topological polar surface area (TPSA) is 92.4 Å². The molecule has 4 rings (SSSR count). The maximum absolute atomic E-state index is 12.8. The second-order valence-corrected chi connectivity index (χ2v) is 10.7. The second kappa shape index (κ2) is 9.88. The van der Waals surface area contributed by atoms with E-state index in [0.29, 0.717) is 34.2 Å². The summed E-state index contributed by atoms with van der Waals surface area (Å²) in [5.74, 6) is 1.30. The highest BCUT2D eigenvalue weighted by Gasteiger charge is 2.42. The second-order valence-electron chi connectivity index (χ2n) is 10.3. The van der Waals surface area contributed by atoms with Gasteiger partial charge in [-0.1, -0.05) is 36.7 Å². The summed E-state index contributed by atoms with van der Waals surface area (Å²) in [5, 5.41) is 17.2. The Bertz CT molecular complexity index is 1020. The van der Waals surface area contributed by atoms with Gasteiger partial charge in [-0.2, -0.15) is 0 Å². The van der Waals surface area contributed by atoms with Crippen molar-refractivity contribution in [3.63, 3.8) is 0 Å². The SMILES string of the molecule is Cc1ccc(NC(=O)C[C@@H](CC(=O)O)c2noc([C@H]3C[C@H](CC(C)C)C3)c2C2CC2)c(Cl)c1. The third-order valence-electron chi connectivity index (χ3n) is 6.82. The number of hydrogen-bond donors (Lipinski definition) is 2. The minimum atomic E-state index is -0.951. The van der Waals surface area contributed by atoms with E-state index in [-0.39, 0.29) is 18.7 Å². The molecule has 0 bridgehead atoms. The summed E-state index contributed by atoms with van der Waals surface area (Å²) in [6.45, 7) is 6.43. The number of halogens is 1. The number of aliphatic carboxylic acids is 1. The van der Waals surface area contributed by atoms with E-state index in [4.69, 9.17) is 16.1 Å². The first-order valence-electron chi connectivity index (χ1n) is 12.0.